The third-order valence-electron chi connectivity index (χ3n) is 6.11. The maximum atomic E-state index is 11.1. The molecule has 0 unspecified atom stereocenters. The average Bonchev–Trinajstić information content (AvgIpc) is 3.36. The van der Waals surface area contributed by atoms with E-state index >= 15 is 0 Å². The molecule has 0 heterocycles. The molecule has 0 spiro atoms. The van der Waals surface area contributed by atoms with Crippen molar-refractivity contribution in [2.45, 2.75) is 38.6 Å². The van der Waals surface area contributed by atoms with E-state index in [-0.39, 0.29) is 12.3 Å². The van der Waals surface area contributed by atoms with Crippen molar-refractivity contribution >= 4 is 17.6 Å². The molecular weight excluding hydrogens is 408 g/mol. The summed E-state index contributed by atoms with van der Waals surface area (Å²) in [5.41, 5.74) is 10.7. The summed E-state index contributed by atoms with van der Waals surface area (Å²) >= 11 is 0. The minimum Gasteiger partial charge on any atom is -0.369 e. The van der Waals surface area contributed by atoms with E-state index in [2.05, 4.69) is 59.2 Å². The van der Waals surface area contributed by atoms with Crippen molar-refractivity contribution < 1.29 is 4.79 Å². The number of rotatable bonds is 8. The van der Waals surface area contributed by atoms with Crippen LogP contribution in [0.2, 0.25) is 0 Å². The molecular formula is C28H32N4O. The van der Waals surface area contributed by atoms with E-state index in [0.29, 0.717) is 12.5 Å². The Morgan fingerprint density at radius 2 is 1.48 bits per heavy atom. The molecule has 33 heavy (non-hydrogen) atoms. The number of carbonyl (C=O) groups excluding carboxylic acids is 1. The van der Waals surface area contributed by atoms with Gasteiger partial charge in [0.1, 0.15) is 0 Å². The van der Waals surface area contributed by atoms with Gasteiger partial charge in [0.05, 0.1) is 13.0 Å². The molecule has 0 atom stereocenters. The second kappa shape index (κ2) is 11.3. The second-order valence-corrected chi connectivity index (χ2v) is 8.72. The number of hydrogen-bond donors (Lipinski definition) is 3. The van der Waals surface area contributed by atoms with Crippen molar-refractivity contribution in [3.8, 4) is 11.1 Å². The molecule has 0 saturated heterocycles. The Morgan fingerprint density at radius 1 is 0.848 bits per heavy atom. The Labute approximate surface area is 196 Å². The van der Waals surface area contributed by atoms with Gasteiger partial charge in [-0.25, -0.2) is 4.99 Å². The van der Waals surface area contributed by atoms with Crippen molar-refractivity contribution in [3.63, 3.8) is 0 Å². The number of hydrogen-bond acceptors (Lipinski definition) is 2. The number of guanidine groups is 1. The normalized spacial score (nSPS) is 14.2. The predicted octanol–water partition coefficient (Wildman–Crippen LogP) is 5.13. The summed E-state index contributed by atoms with van der Waals surface area (Å²) < 4.78 is 0. The summed E-state index contributed by atoms with van der Waals surface area (Å²) in [7, 11) is 0. The number of amides is 1. The number of nitrogens with one attached hydrogen (secondary N) is 2. The van der Waals surface area contributed by atoms with Crippen LogP contribution in [0.1, 0.15) is 36.8 Å². The third-order valence-corrected chi connectivity index (χ3v) is 6.11. The van der Waals surface area contributed by atoms with Crippen LogP contribution in [0.4, 0.5) is 5.69 Å². The second-order valence-electron chi connectivity index (χ2n) is 8.72. The van der Waals surface area contributed by atoms with Crippen LogP contribution in [0.5, 0.6) is 0 Å². The fraction of sp³-hybridized carbons (Fsp3) is 0.286. The largest absolute Gasteiger partial charge is 0.369 e. The highest BCUT2D eigenvalue weighted by molar-refractivity contribution is 5.93. The van der Waals surface area contributed by atoms with E-state index in [1.54, 1.807) is 0 Å². The summed E-state index contributed by atoms with van der Waals surface area (Å²) in [4.78, 5) is 16.0. The van der Waals surface area contributed by atoms with Crippen LogP contribution in [0, 0.1) is 5.92 Å². The van der Waals surface area contributed by atoms with E-state index in [0.717, 1.165) is 29.3 Å². The Balaban J connectivity index is 1.43. The van der Waals surface area contributed by atoms with Crippen molar-refractivity contribution in [3.05, 3.63) is 90.0 Å². The molecule has 0 radical (unpaired) electrons. The van der Waals surface area contributed by atoms with Gasteiger partial charge in [-0.05, 0) is 53.1 Å². The molecule has 1 aliphatic carbocycles. The number of nitrogens with zero attached hydrogens (tertiary/aromatic N) is 1. The lowest BCUT2D eigenvalue weighted by molar-refractivity contribution is -0.117. The first-order valence-electron chi connectivity index (χ1n) is 11.7. The van der Waals surface area contributed by atoms with Crippen LogP contribution in [-0.2, 0) is 17.8 Å². The maximum absolute atomic E-state index is 11.1. The number of primary amides is 1. The highest BCUT2D eigenvalue weighted by atomic mass is 16.1. The molecule has 4 N–H and O–H groups in total. The lowest BCUT2D eigenvalue weighted by atomic mass is 10.0. The van der Waals surface area contributed by atoms with Gasteiger partial charge >= 0.3 is 0 Å². The number of nitrogens with two attached hydrogens (primary N) is 1. The molecule has 3 aromatic carbocycles. The topological polar surface area (TPSA) is 79.5 Å². The molecule has 3 aromatic rings. The van der Waals surface area contributed by atoms with Gasteiger partial charge in [-0.1, -0.05) is 79.6 Å². The highest BCUT2D eigenvalue weighted by Crippen LogP contribution is 2.24. The van der Waals surface area contributed by atoms with Gasteiger partial charge in [-0.2, -0.15) is 0 Å². The van der Waals surface area contributed by atoms with E-state index in [1.165, 1.54) is 36.8 Å². The Kier molecular flexibility index (Phi) is 7.75. The van der Waals surface area contributed by atoms with Gasteiger partial charge in [0, 0.05) is 12.2 Å². The van der Waals surface area contributed by atoms with E-state index in [1.807, 2.05) is 30.3 Å². The summed E-state index contributed by atoms with van der Waals surface area (Å²) in [5, 5.41) is 6.94. The van der Waals surface area contributed by atoms with Crippen LogP contribution in [0.25, 0.3) is 11.1 Å². The van der Waals surface area contributed by atoms with Gasteiger partial charge < -0.3 is 16.4 Å². The maximum Gasteiger partial charge on any atom is 0.221 e. The zero-order chi connectivity index (χ0) is 22.9. The number of benzene rings is 3. The summed E-state index contributed by atoms with van der Waals surface area (Å²) in [6.07, 6.45) is 5.45. The first-order valence-corrected chi connectivity index (χ1v) is 11.7. The average molecular weight is 441 g/mol. The molecule has 0 aliphatic heterocycles. The van der Waals surface area contributed by atoms with E-state index < -0.39 is 0 Å². The quantitative estimate of drug-likeness (QED) is 0.336. The van der Waals surface area contributed by atoms with E-state index in [9.17, 15) is 4.79 Å². The third kappa shape index (κ3) is 6.94. The Morgan fingerprint density at radius 3 is 2.15 bits per heavy atom. The van der Waals surface area contributed by atoms with Crippen molar-refractivity contribution in [1.29, 1.82) is 0 Å². The molecule has 1 fully saturated rings. The molecule has 1 amide bonds. The SMILES string of the molecule is NC(=O)Cc1ccc(NC(=NCc2ccc(-c3ccccc3)cc2)NCC2CCCC2)cc1. The van der Waals surface area contributed by atoms with Crippen molar-refractivity contribution in [2.24, 2.45) is 16.6 Å². The predicted molar refractivity (Wildman–Crippen MR) is 136 cm³/mol. The molecule has 5 nitrogen and oxygen atoms in total. The number of carbonyl (C=O) groups is 1. The van der Waals surface area contributed by atoms with Crippen LogP contribution in [0.3, 0.4) is 0 Å². The summed E-state index contributed by atoms with van der Waals surface area (Å²) in [6, 6.07) is 26.7. The smallest absolute Gasteiger partial charge is 0.221 e. The van der Waals surface area contributed by atoms with Gasteiger partial charge in [-0.3, -0.25) is 4.79 Å². The molecule has 1 aliphatic rings. The fourth-order valence-corrected chi connectivity index (χ4v) is 4.24. The van der Waals surface area contributed by atoms with Crippen LogP contribution in [0.15, 0.2) is 83.9 Å². The minimum absolute atomic E-state index is 0.250. The van der Waals surface area contributed by atoms with Crippen LogP contribution in [-0.4, -0.2) is 18.4 Å². The fourth-order valence-electron chi connectivity index (χ4n) is 4.24. The molecule has 170 valence electrons. The minimum atomic E-state index is -0.325. The van der Waals surface area contributed by atoms with Gasteiger partial charge in [-0.15, -0.1) is 0 Å². The lowest BCUT2D eigenvalue weighted by Crippen LogP contribution is -2.34. The molecule has 4 rings (SSSR count). The summed E-state index contributed by atoms with van der Waals surface area (Å²) in [5.74, 6) is 1.16. The zero-order valence-electron chi connectivity index (χ0n) is 19.0. The lowest BCUT2D eigenvalue weighted by Gasteiger charge is -2.16. The van der Waals surface area contributed by atoms with E-state index in [4.69, 9.17) is 10.7 Å². The van der Waals surface area contributed by atoms with Crippen molar-refractivity contribution in [1.82, 2.24) is 5.32 Å². The Hall–Kier alpha value is -3.60. The Bertz CT molecular complexity index is 1050. The summed E-state index contributed by atoms with van der Waals surface area (Å²) in [6.45, 7) is 1.52. The molecule has 0 bridgehead atoms. The van der Waals surface area contributed by atoms with Crippen molar-refractivity contribution in [2.75, 3.05) is 11.9 Å². The molecule has 0 aromatic heterocycles. The number of aliphatic imine (C=N–C) groups is 1. The van der Waals surface area contributed by atoms with Crippen LogP contribution >= 0.6 is 0 Å². The standard InChI is InChI=1S/C28H32N4O/c29-27(33)18-21-12-16-26(17-13-21)32-28(30-19-22-6-4-5-7-22)31-20-23-10-14-25(15-11-23)24-8-2-1-3-9-24/h1-3,8-17,22H,4-7,18-20H2,(H2,29,33)(H2,30,31,32). The monoisotopic (exact) mass is 440 g/mol. The first-order chi connectivity index (χ1) is 16.2. The first kappa shape index (κ1) is 22.6. The van der Waals surface area contributed by atoms with Gasteiger partial charge in [0.2, 0.25) is 5.91 Å². The van der Waals surface area contributed by atoms with Gasteiger partial charge in [0.25, 0.3) is 0 Å². The zero-order valence-corrected chi connectivity index (χ0v) is 19.0. The van der Waals surface area contributed by atoms with Crippen LogP contribution < -0.4 is 16.4 Å². The number of anilines is 1. The molecule has 1 saturated carbocycles. The highest BCUT2D eigenvalue weighted by Gasteiger charge is 2.15. The molecule has 5 heteroatoms. The van der Waals surface area contributed by atoms with Gasteiger partial charge in [0.15, 0.2) is 5.96 Å².